The summed E-state index contributed by atoms with van der Waals surface area (Å²) in [6.45, 7) is 2.70. The predicted octanol–water partition coefficient (Wildman–Crippen LogP) is 2.65. The molecule has 15 heavy (non-hydrogen) atoms. The maximum Gasteiger partial charge on any atom is 0.133 e. The first-order valence-electron chi connectivity index (χ1n) is 4.77. The zero-order chi connectivity index (χ0) is 10.7. The summed E-state index contributed by atoms with van der Waals surface area (Å²) in [5.74, 6) is 0. The molecule has 1 aromatic heterocycles. The maximum absolute atomic E-state index is 5.85. The number of nitrogens with zero attached hydrogens (tertiary/aromatic N) is 1. The van der Waals surface area contributed by atoms with E-state index in [0.717, 1.165) is 22.9 Å². The van der Waals surface area contributed by atoms with Gasteiger partial charge in [0.1, 0.15) is 5.00 Å². The first-order valence-corrected chi connectivity index (χ1v) is 5.54. The lowest BCUT2D eigenvalue weighted by Crippen LogP contribution is -1.99. The Morgan fingerprint density at radius 2 is 2.07 bits per heavy atom. The van der Waals surface area contributed by atoms with Crippen LogP contribution in [0.1, 0.15) is 11.3 Å². The Bertz CT molecular complexity index is 436. The highest BCUT2D eigenvalue weighted by Gasteiger charge is 2.05. The summed E-state index contributed by atoms with van der Waals surface area (Å²) in [7, 11) is 0. The number of nitrogens with two attached hydrogens (primary N) is 1. The molecule has 0 amide bonds. The van der Waals surface area contributed by atoms with Crippen molar-refractivity contribution >= 4 is 22.2 Å². The smallest absolute Gasteiger partial charge is 0.133 e. The summed E-state index contributed by atoms with van der Waals surface area (Å²) in [6, 6.07) is 10.2. The molecule has 4 heteroatoms. The third kappa shape index (κ3) is 2.27. The number of rotatable bonds is 3. The predicted molar refractivity (Wildman–Crippen MR) is 65.0 cm³/mol. The SMILES string of the molecule is Cc1nsc(NCc2ccccc2)c1N. The molecule has 1 aromatic carbocycles. The van der Waals surface area contributed by atoms with Gasteiger partial charge in [0.15, 0.2) is 0 Å². The van der Waals surface area contributed by atoms with Gasteiger partial charge < -0.3 is 11.1 Å². The number of hydrogen-bond donors (Lipinski definition) is 2. The van der Waals surface area contributed by atoms with E-state index in [9.17, 15) is 0 Å². The van der Waals surface area contributed by atoms with E-state index in [-0.39, 0.29) is 0 Å². The van der Waals surface area contributed by atoms with Crippen LogP contribution in [0.3, 0.4) is 0 Å². The van der Waals surface area contributed by atoms with Crippen molar-refractivity contribution in [3.63, 3.8) is 0 Å². The molecule has 0 saturated carbocycles. The van der Waals surface area contributed by atoms with Crippen LogP contribution < -0.4 is 11.1 Å². The first-order chi connectivity index (χ1) is 7.27. The molecule has 0 fully saturated rings. The van der Waals surface area contributed by atoms with Crippen molar-refractivity contribution < 1.29 is 0 Å². The van der Waals surface area contributed by atoms with E-state index in [1.807, 2.05) is 25.1 Å². The minimum absolute atomic E-state index is 0.760. The summed E-state index contributed by atoms with van der Waals surface area (Å²) in [5.41, 5.74) is 8.75. The van der Waals surface area contributed by atoms with Gasteiger partial charge in [-0.15, -0.1) is 0 Å². The summed E-state index contributed by atoms with van der Waals surface area (Å²) < 4.78 is 4.18. The van der Waals surface area contributed by atoms with Gasteiger partial charge in [0.05, 0.1) is 11.4 Å². The van der Waals surface area contributed by atoms with E-state index in [2.05, 4.69) is 21.8 Å². The van der Waals surface area contributed by atoms with Crippen LogP contribution in [-0.2, 0) is 6.54 Å². The molecule has 78 valence electrons. The zero-order valence-electron chi connectivity index (χ0n) is 8.53. The number of nitrogen functional groups attached to an aromatic ring is 1. The maximum atomic E-state index is 5.85. The van der Waals surface area contributed by atoms with Crippen LogP contribution in [0.25, 0.3) is 0 Å². The largest absolute Gasteiger partial charge is 0.395 e. The van der Waals surface area contributed by atoms with E-state index in [1.54, 1.807) is 0 Å². The van der Waals surface area contributed by atoms with Crippen LogP contribution in [0.15, 0.2) is 30.3 Å². The van der Waals surface area contributed by atoms with E-state index >= 15 is 0 Å². The minimum Gasteiger partial charge on any atom is -0.395 e. The van der Waals surface area contributed by atoms with Crippen molar-refractivity contribution in [1.82, 2.24) is 4.37 Å². The Morgan fingerprint density at radius 1 is 1.33 bits per heavy atom. The lowest BCUT2D eigenvalue weighted by atomic mass is 10.2. The van der Waals surface area contributed by atoms with Gasteiger partial charge in [-0.2, -0.15) is 4.37 Å². The number of anilines is 2. The van der Waals surface area contributed by atoms with Crippen molar-refractivity contribution in [3.05, 3.63) is 41.6 Å². The quantitative estimate of drug-likeness (QED) is 0.834. The van der Waals surface area contributed by atoms with Crippen LogP contribution in [0, 0.1) is 6.92 Å². The molecule has 0 bridgehead atoms. The monoisotopic (exact) mass is 219 g/mol. The minimum atomic E-state index is 0.760. The van der Waals surface area contributed by atoms with E-state index in [0.29, 0.717) is 0 Å². The fraction of sp³-hybridized carbons (Fsp3) is 0.182. The van der Waals surface area contributed by atoms with Gasteiger partial charge in [0, 0.05) is 6.54 Å². The van der Waals surface area contributed by atoms with Gasteiger partial charge in [-0.1, -0.05) is 30.3 Å². The Kier molecular flexibility index (Phi) is 2.87. The molecule has 0 radical (unpaired) electrons. The molecule has 1 heterocycles. The molecule has 2 rings (SSSR count). The van der Waals surface area contributed by atoms with Gasteiger partial charge >= 0.3 is 0 Å². The van der Waals surface area contributed by atoms with E-state index in [4.69, 9.17) is 5.73 Å². The molecular formula is C11H13N3S. The summed E-state index contributed by atoms with van der Waals surface area (Å²) in [5, 5.41) is 4.24. The Balaban J connectivity index is 2.02. The molecule has 3 nitrogen and oxygen atoms in total. The lowest BCUT2D eigenvalue weighted by Gasteiger charge is -2.04. The zero-order valence-corrected chi connectivity index (χ0v) is 9.34. The lowest BCUT2D eigenvalue weighted by molar-refractivity contribution is 1.16. The highest BCUT2D eigenvalue weighted by molar-refractivity contribution is 7.11. The molecule has 0 saturated heterocycles. The van der Waals surface area contributed by atoms with E-state index < -0.39 is 0 Å². The summed E-state index contributed by atoms with van der Waals surface area (Å²) in [4.78, 5) is 0. The Morgan fingerprint density at radius 3 is 2.67 bits per heavy atom. The van der Waals surface area contributed by atoms with Gasteiger partial charge in [0.2, 0.25) is 0 Å². The van der Waals surface area contributed by atoms with Crippen LogP contribution in [0.5, 0.6) is 0 Å². The fourth-order valence-corrected chi connectivity index (χ4v) is 1.99. The van der Waals surface area contributed by atoms with Gasteiger partial charge in [-0.25, -0.2) is 0 Å². The molecule has 0 spiro atoms. The van der Waals surface area contributed by atoms with Crippen LogP contribution in [0.4, 0.5) is 10.7 Å². The average Bonchev–Trinajstić information content (AvgIpc) is 2.59. The molecule has 2 aromatic rings. The molecule has 0 aliphatic carbocycles. The molecule has 3 N–H and O–H groups in total. The van der Waals surface area contributed by atoms with Crippen molar-refractivity contribution in [2.75, 3.05) is 11.1 Å². The standard InChI is InChI=1S/C11H13N3S/c1-8-10(12)11(15-14-8)13-7-9-5-3-2-4-6-9/h2-6,13H,7,12H2,1H3. The average molecular weight is 219 g/mol. The third-order valence-electron chi connectivity index (χ3n) is 2.20. The highest BCUT2D eigenvalue weighted by Crippen LogP contribution is 2.26. The van der Waals surface area contributed by atoms with Crippen LogP contribution in [0.2, 0.25) is 0 Å². The van der Waals surface area contributed by atoms with Crippen molar-refractivity contribution in [1.29, 1.82) is 0 Å². The van der Waals surface area contributed by atoms with Gasteiger partial charge in [0.25, 0.3) is 0 Å². The molecule has 0 atom stereocenters. The normalized spacial score (nSPS) is 10.2. The second-order valence-corrected chi connectivity index (χ2v) is 4.12. The van der Waals surface area contributed by atoms with E-state index in [1.165, 1.54) is 17.1 Å². The number of aryl methyl sites for hydroxylation is 1. The van der Waals surface area contributed by atoms with Gasteiger partial charge in [-0.3, -0.25) is 0 Å². The van der Waals surface area contributed by atoms with Crippen LogP contribution in [-0.4, -0.2) is 4.37 Å². The molecule has 0 aliphatic rings. The number of aromatic nitrogens is 1. The number of benzene rings is 1. The molecule has 0 aliphatic heterocycles. The second-order valence-electron chi connectivity index (χ2n) is 3.35. The topological polar surface area (TPSA) is 50.9 Å². The third-order valence-corrected chi connectivity index (χ3v) is 3.12. The molecular weight excluding hydrogens is 206 g/mol. The number of nitrogens with one attached hydrogen (secondary N) is 1. The Hall–Kier alpha value is -1.55. The summed E-state index contributed by atoms with van der Waals surface area (Å²) in [6.07, 6.45) is 0. The summed E-state index contributed by atoms with van der Waals surface area (Å²) >= 11 is 1.41. The van der Waals surface area contributed by atoms with Crippen molar-refractivity contribution in [2.45, 2.75) is 13.5 Å². The second kappa shape index (κ2) is 4.31. The first kappa shape index (κ1) is 9.98. The van der Waals surface area contributed by atoms with Gasteiger partial charge in [-0.05, 0) is 24.0 Å². The Labute approximate surface area is 93.1 Å². The van der Waals surface area contributed by atoms with Crippen molar-refractivity contribution in [2.24, 2.45) is 0 Å². The molecule has 0 unspecified atom stereocenters. The fourth-order valence-electron chi connectivity index (χ4n) is 1.28. The van der Waals surface area contributed by atoms with Crippen molar-refractivity contribution in [3.8, 4) is 0 Å². The highest BCUT2D eigenvalue weighted by atomic mass is 32.1. The number of hydrogen-bond acceptors (Lipinski definition) is 4. The van der Waals surface area contributed by atoms with Crippen LogP contribution >= 0.6 is 11.5 Å².